The van der Waals surface area contributed by atoms with Crippen molar-refractivity contribution in [2.45, 2.75) is 84.3 Å². The van der Waals surface area contributed by atoms with Gasteiger partial charge in [-0.3, -0.25) is 4.79 Å². The van der Waals surface area contributed by atoms with Crippen molar-refractivity contribution in [3.05, 3.63) is 0 Å². The molecular formula is C16H31NO2. The lowest BCUT2D eigenvalue weighted by atomic mass is 9.91. The quantitative estimate of drug-likeness (QED) is 0.734. The monoisotopic (exact) mass is 269 g/mol. The van der Waals surface area contributed by atoms with Crippen LogP contribution in [0.4, 0.5) is 0 Å². The Kier molecular flexibility index (Phi) is 7.44. The molecule has 0 radical (unpaired) electrons. The number of rotatable bonds is 8. The molecule has 0 aromatic rings. The summed E-state index contributed by atoms with van der Waals surface area (Å²) in [6.45, 7) is 7.27. The second-order valence-corrected chi connectivity index (χ2v) is 6.07. The molecule has 1 unspecified atom stereocenters. The van der Waals surface area contributed by atoms with Crippen molar-refractivity contribution < 1.29 is 9.90 Å². The molecule has 1 fully saturated rings. The predicted octanol–water partition coefficient (Wildman–Crippen LogP) is 3.35. The van der Waals surface area contributed by atoms with E-state index in [-0.39, 0.29) is 5.91 Å². The van der Waals surface area contributed by atoms with Crippen molar-refractivity contribution in [2.24, 2.45) is 5.92 Å². The van der Waals surface area contributed by atoms with Crippen LogP contribution in [-0.2, 0) is 4.79 Å². The minimum Gasteiger partial charge on any atom is -0.383 e. The Morgan fingerprint density at radius 1 is 1.32 bits per heavy atom. The fraction of sp³-hybridized carbons (Fsp3) is 0.938. The Balaban J connectivity index is 2.45. The standard InChI is InChI=1S/C16H31NO2/c1-4-6-10-14(8-5-2)12-15(18)16(19)17-11-7-9-13(17)3/h13-15,18H,4-12H2,1-3H3/t13-,14?,15-/m1/s1. The first-order chi connectivity index (χ1) is 9.10. The molecule has 0 bridgehead atoms. The van der Waals surface area contributed by atoms with Gasteiger partial charge in [0.1, 0.15) is 6.10 Å². The molecule has 0 spiro atoms. The van der Waals surface area contributed by atoms with Crippen LogP contribution in [0.2, 0.25) is 0 Å². The first kappa shape index (κ1) is 16.5. The first-order valence-electron chi connectivity index (χ1n) is 8.08. The molecule has 3 nitrogen and oxygen atoms in total. The largest absolute Gasteiger partial charge is 0.383 e. The summed E-state index contributed by atoms with van der Waals surface area (Å²) in [5, 5.41) is 10.2. The number of unbranched alkanes of at least 4 members (excludes halogenated alkanes) is 1. The Morgan fingerprint density at radius 2 is 2.05 bits per heavy atom. The summed E-state index contributed by atoms with van der Waals surface area (Å²) < 4.78 is 0. The van der Waals surface area contributed by atoms with E-state index in [0.717, 1.165) is 38.6 Å². The third kappa shape index (κ3) is 5.13. The number of aliphatic hydroxyl groups is 1. The van der Waals surface area contributed by atoms with Gasteiger partial charge in [-0.2, -0.15) is 0 Å². The summed E-state index contributed by atoms with van der Waals surface area (Å²) in [5.41, 5.74) is 0. The molecule has 0 aromatic heterocycles. The lowest BCUT2D eigenvalue weighted by molar-refractivity contribution is -0.141. The third-order valence-electron chi connectivity index (χ3n) is 4.34. The second-order valence-electron chi connectivity index (χ2n) is 6.07. The van der Waals surface area contributed by atoms with Gasteiger partial charge in [0.15, 0.2) is 0 Å². The lowest BCUT2D eigenvalue weighted by Crippen LogP contribution is -2.41. The number of carbonyl (C=O) groups excluding carboxylic acids is 1. The van der Waals surface area contributed by atoms with Crippen LogP contribution in [0.5, 0.6) is 0 Å². The van der Waals surface area contributed by atoms with Crippen molar-refractivity contribution in [2.75, 3.05) is 6.54 Å². The number of amides is 1. The van der Waals surface area contributed by atoms with Crippen molar-refractivity contribution in [1.29, 1.82) is 0 Å². The molecule has 0 aliphatic carbocycles. The summed E-state index contributed by atoms with van der Waals surface area (Å²) in [4.78, 5) is 14.1. The maximum atomic E-state index is 12.2. The van der Waals surface area contributed by atoms with Crippen molar-refractivity contribution in [3.8, 4) is 0 Å². The third-order valence-corrected chi connectivity index (χ3v) is 4.34. The van der Waals surface area contributed by atoms with Gasteiger partial charge in [-0.15, -0.1) is 0 Å². The SMILES string of the molecule is CCCCC(CCC)C[C@@H](O)C(=O)N1CCC[C@H]1C. The smallest absolute Gasteiger partial charge is 0.251 e. The summed E-state index contributed by atoms with van der Waals surface area (Å²) in [5.74, 6) is 0.462. The van der Waals surface area contributed by atoms with Crippen LogP contribution in [0.3, 0.4) is 0 Å². The van der Waals surface area contributed by atoms with Crippen LogP contribution in [0.25, 0.3) is 0 Å². The van der Waals surface area contributed by atoms with Crippen LogP contribution >= 0.6 is 0 Å². The highest BCUT2D eigenvalue weighted by atomic mass is 16.3. The zero-order valence-electron chi connectivity index (χ0n) is 12.9. The van der Waals surface area contributed by atoms with Crippen molar-refractivity contribution in [3.63, 3.8) is 0 Å². The van der Waals surface area contributed by atoms with Gasteiger partial charge in [0.05, 0.1) is 0 Å². The van der Waals surface area contributed by atoms with Crippen LogP contribution < -0.4 is 0 Å². The predicted molar refractivity (Wildman–Crippen MR) is 79.0 cm³/mol. The molecule has 1 saturated heterocycles. The Bertz CT molecular complexity index is 267. The van der Waals surface area contributed by atoms with Gasteiger partial charge in [0.25, 0.3) is 5.91 Å². The molecule has 1 amide bonds. The van der Waals surface area contributed by atoms with E-state index in [1.54, 1.807) is 0 Å². The van der Waals surface area contributed by atoms with E-state index in [0.29, 0.717) is 18.4 Å². The van der Waals surface area contributed by atoms with Gasteiger partial charge in [-0.25, -0.2) is 0 Å². The fourth-order valence-electron chi connectivity index (χ4n) is 3.15. The molecule has 0 aromatic carbocycles. The highest BCUT2D eigenvalue weighted by Gasteiger charge is 2.30. The highest BCUT2D eigenvalue weighted by Crippen LogP contribution is 2.23. The van der Waals surface area contributed by atoms with Gasteiger partial charge in [0.2, 0.25) is 0 Å². The highest BCUT2D eigenvalue weighted by molar-refractivity contribution is 5.81. The molecule has 3 atom stereocenters. The molecule has 3 heteroatoms. The van der Waals surface area contributed by atoms with Crippen LogP contribution in [0.1, 0.15) is 72.1 Å². The zero-order chi connectivity index (χ0) is 14.3. The average molecular weight is 269 g/mol. The molecule has 0 saturated carbocycles. The molecule has 112 valence electrons. The van der Waals surface area contributed by atoms with Gasteiger partial charge in [-0.05, 0) is 32.1 Å². The lowest BCUT2D eigenvalue weighted by Gasteiger charge is -2.26. The molecule has 1 aliphatic rings. The number of hydrogen-bond donors (Lipinski definition) is 1. The maximum absolute atomic E-state index is 12.2. The number of aliphatic hydroxyl groups excluding tert-OH is 1. The summed E-state index contributed by atoms with van der Waals surface area (Å²) >= 11 is 0. The van der Waals surface area contributed by atoms with E-state index in [9.17, 15) is 9.90 Å². The van der Waals surface area contributed by atoms with Crippen LogP contribution in [0, 0.1) is 5.92 Å². The van der Waals surface area contributed by atoms with Gasteiger partial charge in [0, 0.05) is 12.6 Å². The van der Waals surface area contributed by atoms with Crippen molar-refractivity contribution >= 4 is 5.91 Å². The van der Waals surface area contributed by atoms with E-state index >= 15 is 0 Å². The van der Waals surface area contributed by atoms with E-state index in [4.69, 9.17) is 0 Å². The van der Waals surface area contributed by atoms with Crippen molar-refractivity contribution in [1.82, 2.24) is 4.90 Å². The van der Waals surface area contributed by atoms with E-state index in [1.807, 2.05) is 4.90 Å². The Hall–Kier alpha value is -0.570. The maximum Gasteiger partial charge on any atom is 0.251 e. The molecule has 1 N–H and O–H groups in total. The number of nitrogens with zero attached hydrogens (tertiary/aromatic N) is 1. The fourth-order valence-corrected chi connectivity index (χ4v) is 3.15. The number of hydrogen-bond acceptors (Lipinski definition) is 2. The van der Waals surface area contributed by atoms with E-state index < -0.39 is 6.10 Å². The zero-order valence-corrected chi connectivity index (χ0v) is 12.9. The second kappa shape index (κ2) is 8.57. The van der Waals surface area contributed by atoms with E-state index in [2.05, 4.69) is 20.8 Å². The normalized spacial score (nSPS) is 22.5. The Morgan fingerprint density at radius 3 is 2.58 bits per heavy atom. The minimum atomic E-state index is -0.783. The minimum absolute atomic E-state index is 0.0393. The average Bonchev–Trinajstić information content (AvgIpc) is 2.81. The molecule has 1 rings (SSSR count). The Labute approximate surface area is 118 Å². The molecule has 19 heavy (non-hydrogen) atoms. The first-order valence-corrected chi connectivity index (χ1v) is 8.08. The van der Waals surface area contributed by atoms with Crippen LogP contribution in [-0.4, -0.2) is 34.6 Å². The number of carbonyl (C=O) groups is 1. The summed E-state index contributed by atoms with van der Waals surface area (Å²) in [6, 6.07) is 0.308. The number of likely N-dealkylation sites (tertiary alicyclic amines) is 1. The summed E-state index contributed by atoms with van der Waals surface area (Å²) in [6.07, 6.45) is 7.81. The molecule has 1 heterocycles. The molecule has 1 aliphatic heterocycles. The molecular weight excluding hydrogens is 238 g/mol. The van der Waals surface area contributed by atoms with Crippen LogP contribution in [0.15, 0.2) is 0 Å². The van der Waals surface area contributed by atoms with E-state index in [1.165, 1.54) is 12.8 Å². The van der Waals surface area contributed by atoms with Gasteiger partial charge in [-0.1, -0.05) is 46.0 Å². The van der Waals surface area contributed by atoms with Gasteiger partial charge < -0.3 is 10.0 Å². The van der Waals surface area contributed by atoms with Gasteiger partial charge >= 0.3 is 0 Å². The summed E-state index contributed by atoms with van der Waals surface area (Å²) in [7, 11) is 0. The topological polar surface area (TPSA) is 40.5 Å².